The monoisotopic (exact) mass is 338 g/mol. The predicted molar refractivity (Wildman–Crippen MR) is 102 cm³/mol. The number of aryl methyl sites for hydroxylation is 2. The molecule has 2 rings (SSSR count). The molecule has 0 aromatic heterocycles. The smallest absolute Gasteiger partial charge is 0.243 e. The van der Waals surface area contributed by atoms with Gasteiger partial charge in [0.05, 0.1) is 13.0 Å². The van der Waals surface area contributed by atoms with Gasteiger partial charge in [0.2, 0.25) is 11.8 Å². The zero-order valence-electron chi connectivity index (χ0n) is 15.3. The third-order valence-corrected chi connectivity index (χ3v) is 4.12. The Morgan fingerprint density at radius 3 is 2.28 bits per heavy atom. The second kappa shape index (κ2) is 8.47. The summed E-state index contributed by atoms with van der Waals surface area (Å²) in [7, 11) is 0. The fourth-order valence-corrected chi connectivity index (χ4v) is 2.66. The molecule has 0 spiro atoms. The van der Waals surface area contributed by atoms with Gasteiger partial charge in [0, 0.05) is 5.69 Å². The Hall–Kier alpha value is -2.62. The van der Waals surface area contributed by atoms with Gasteiger partial charge >= 0.3 is 0 Å². The topological polar surface area (TPSA) is 58.2 Å². The van der Waals surface area contributed by atoms with Gasteiger partial charge in [-0.2, -0.15) is 0 Å². The molecule has 132 valence electrons. The fraction of sp³-hybridized carbons (Fsp3) is 0.333. The zero-order valence-corrected chi connectivity index (χ0v) is 15.3. The van der Waals surface area contributed by atoms with Gasteiger partial charge in [0.25, 0.3) is 0 Å². The molecule has 0 aliphatic carbocycles. The van der Waals surface area contributed by atoms with Crippen LogP contribution in [-0.2, 0) is 16.0 Å². The second-order valence-electron chi connectivity index (χ2n) is 6.68. The van der Waals surface area contributed by atoms with E-state index >= 15 is 0 Å². The predicted octanol–water partition coefficient (Wildman–Crippen LogP) is 3.72. The van der Waals surface area contributed by atoms with E-state index in [1.165, 1.54) is 0 Å². The van der Waals surface area contributed by atoms with Crippen LogP contribution in [0.25, 0.3) is 0 Å². The highest BCUT2D eigenvalue weighted by Gasteiger charge is 2.13. The van der Waals surface area contributed by atoms with Gasteiger partial charge < -0.3 is 10.6 Å². The first-order valence-corrected chi connectivity index (χ1v) is 8.58. The van der Waals surface area contributed by atoms with Gasteiger partial charge in [0.15, 0.2) is 0 Å². The maximum Gasteiger partial charge on any atom is 0.243 e. The van der Waals surface area contributed by atoms with Crippen LogP contribution in [0.15, 0.2) is 42.5 Å². The lowest BCUT2D eigenvalue weighted by atomic mass is 9.98. The lowest BCUT2D eigenvalue weighted by Crippen LogP contribution is -2.34. The van der Waals surface area contributed by atoms with Crippen LogP contribution in [0.5, 0.6) is 0 Å². The maximum absolute atomic E-state index is 12.2. The molecular formula is C21H26N2O2. The Kier molecular flexibility index (Phi) is 6.34. The summed E-state index contributed by atoms with van der Waals surface area (Å²) in [6.45, 7) is 8.13. The highest BCUT2D eigenvalue weighted by molar-refractivity contribution is 5.96. The first kappa shape index (κ1) is 18.7. The summed E-state index contributed by atoms with van der Waals surface area (Å²) in [5, 5.41) is 5.62. The van der Waals surface area contributed by atoms with Crippen LogP contribution in [-0.4, -0.2) is 18.4 Å². The third-order valence-electron chi connectivity index (χ3n) is 4.12. The standard InChI is InChI=1S/C21H26N2O2/c1-14(2)18-7-5-6-16(4)21(18)23-20(25)13-22-19(24)12-17-10-8-15(3)9-11-17/h5-11,14H,12-13H2,1-4H3,(H,22,24)(H,23,25). The van der Waals surface area contributed by atoms with Crippen molar-refractivity contribution in [2.45, 2.75) is 40.0 Å². The van der Waals surface area contributed by atoms with Crippen molar-refractivity contribution in [2.75, 3.05) is 11.9 Å². The van der Waals surface area contributed by atoms with Gasteiger partial charge in [-0.15, -0.1) is 0 Å². The molecule has 0 fully saturated rings. The first-order chi connectivity index (χ1) is 11.9. The molecule has 0 radical (unpaired) electrons. The van der Waals surface area contributed by atoms with Crippen LogP contribution in [0.1, 0.15) is 42.0 Å². The number of hydrogen-bond acceptors (Lipinski definition) is 2. The van der Waals surface area contributed by atoms with Crippen molar-refractivity contribution in [3.63, 3.8) is 0 Å². The molecule has 0 bridgehead atoms. The summed E-state index contributed by atoms with van der Waals surface area (Å²) in [5.41, 5.74) is 5.05. The highest BCUT2D eigenvalue weighted by atomic mass is 16.2. The average molecular weight is 338 g/mol. The molecule has 2 amide bonds. The first-order valence-electron chi connectivity index (χ1n) is 8.58. The van der Waals surface area contributed by atoms with Crippen molar-refractivity contribution >= 4 is 17.5 Å². The summed E-state index contributed by atoms with van der Waals surface area (Å²) in [5.74, 6) is -0.0624. The van der Waals surface area contributed by atoms with Gasteiger partial charge in [-0.25, -0.2) is 0 Å². The number of benzene rings is 2. The van der Waals surface area contributed by atoms with E-state index in [1.54, 1.807) is 0 Å². The minimum absolute atomic E-state index is 0.0312. The molecule has 2 N–H and O–H groups in total. The highest BCUT2D eigenvalue weighted by Crippen LogP contribution is 2.27. The van der Waals surface area contributed by atoms with Crippen LogP contribution < -0.4 is 10.6 Å². The molecular weight excluding hydrogens is 312 g/mol. The van der Waals surface area contributed by atoms with Crippen LogP contribution in [0.4, 0.5) is 5.69 Å². The SMILES string of the molecule is Cc1ccc(CC(=O)NCC(=O)Nc2c(C)cccc2C(C)C)cc1. The van der Waals surface area contributed by atoms with E-state index in [0.29, 0.717) is 5.92 Å². The van der Waals surface area contributed by atoms with Gasteiger partial charge in [0.1, 0.15) is 0 Å². The molecule has 4 heteroatoms. The number of amides is 2. The van der Waals surface area contributed by atoms with Crippen LogP contribution in [0, 0.1) is 13.8 Å². The van der Waals surface area contributed by atoms with E-state index in [9.17, 15) is 9.59 Å². The summed E-state index contributed by atoms with van der Waals surface area (Å²) in [4.78, 5) is 24.2. The van der Waals surface area contributed by atoms with Gasteiger partial charge in [-0.1, -0.05) is 61.9 Å². The second-order valence-corrected chi connectivity index (χ2v) is 6.68. The molecule has 0 saturated carbocycles. The van der Waals surface area contributed by atoms with Gasteiger partial charge in [-0.05, 0) is 36.5 Å². The number of carbonyl (C=O) groups excluding carboxylic acids is 2. The Morgan fingerprint density at radius 1 is 0.960 bits per heavy atom. The maximum atomic E-state index is 12.2. The molecule has 0 unspecified atom stereocenters. The largest absolute Gasteiger partial charge is 0.347 e. The van der Waals surface area contributed by atoms with Crippen LogP contribution in [0.3, 0.4) is 0 Å². The van der Waals surface area contributed by atoms with E-state index in [2.05, 4.69) is 24.5 Å². The molecule has 0 aliphatic heterocycles. The number of anilines is 1. The van der Waals surface area contributed by atoms with Crippen molar-refractivity contribution in [2.24, 2.45) is 0 Å². The van der Waals surface area contributed by atoms with E-state index in [1.807, 2.05) is 56.3 Å². The van der Waals surface area contributed by atoms with Crippen molar-refractivity contribution in [3.8, 4) is 0 Å². The molecule has 2 aromatic carbocycles. The molecule has 4 nitrogen and oxygen atoms in total. The molecule has 0 aliphatic rings. The van der Waals surface area contributed by atoms with E-state index in [4.69, 9.17) is 0 Å². The summed E-state index contributed by atoms with van der Waals surface area (Å²) < 4.78 is 0. The van der Waals surface area contributed by atoms with Crippen molar-refractivity contribution < 1.29 is 9.59 Å². The van der Waals surface area contributed by atoms with Crippen LogP contribution in [0.2, 0.25) is 0 Å². The van der Waals surface area contributed by atoms with Crippen molar-refractivity contribution in [1.82, 2.24) is 5.32 Å². The van der Waals surface area contributed by atoms with Gasteiger partial charge in [-0.3, -0.25) is 9.59 Å². The normalized spacial score (nSPS) is 10.6. The molecule has 25 heavy (non-hydrogen) atoms. The zero-order chi connectivity index (χ0) is 18.4. The summed E-state index contributed by atoms with van der Waals surface area (Å²) in [6.07, 6.45) is 0.273. The Balaban J connectivity index is 1.91. The van der Waals surface area contributed by atoms with Crippen molar-refractivity contribution in [1.29, 1.82) is 0 Å². The third kappa shape index (κ3) is 5.45. The number of hydrogen-bond donors (Lipinski definition) is 2. The number of rotatable bonds is 6. The van der Waals surface area contributed by atoms with Crippen LogP contribution >= 0.6 is 0 Å². The molecule has 0 heterocycles. The van der Waals surface area contributed by atoms with Crippen molar-refractivity contribution in [3.05, 3.63) is 64.7 Å². The minimum Gasteiger partial charge on any atom is -0.347 e. The van der Waals surface area contributed by atoms with E-state index in [0.717, 1.165) is 27.9 Å². The quantitative estimate of drug-likeness (QED) is 0.843. The number of carbonyl (C=O) groups is 2. The Labute approximate surface area is 149 Å². The average Bonchev–Trinajstić information content (AvgIpc) is 2.56. The fourth-order valence-electron chi connectivity index (χ4n) is 2.66. The molecule has 2 aromatic rings. The Bertz CT molecular complexity index is 749. The lowest BCUT2D eigenvalue weighted by Gasteiger charge is -2.16. The minimum atomic E-state index is -0.214. The lowest BCUT2D eigenvalue weighted by molar-refractivity contribution is -0.123. The number of nitrogens with one attached hydrogen (secondary N) is 2. The summed E-state index contributed by atoms with van der Waals surface area (Å²) in [6, 6.07) is 13.8. The molecule has 0 saturated heterocycles. The van der Waals surface area contributed by atoms with E-state index < -0.39 is 0 Å². The number of para-hydroxylation sites is 1. The van der Waals surface area contributed by atoms with E-state index in [-0.39, 0.29) is 24.8 Å². The Morgan fingerprint density at radius 2 is 1.64 bits per heavy atom. The molecule has 0 atom stereocenters. The summed E-state index contributed by atoms with van der Waals surface area (Å²) >= 11 is 0.